The second-order valence-electron chi connectivity index (χ2n) is 4.24. The molecule has 0 aromatic heterocycles. The van der Waals surface area contributed by atoms with Crippen LogP contribution in [0, 0.1) is 0 Å². The van der Waals surface area contributed by atoms with Crippen LogP contribution in [-0.4, -0.2) is 0 Å². The Hall–Kier alpha value is -2.28. The Labute approximate surface area is 114 Å². The molecule has 0 saturated heterocycles. The van der Waals surface area contributed by atoms with E-state index < -0.39 is 0 Å². The van der Waals surface area contributed by atoms with Crippen LogP contribution in [-0.2, 0) is 0 Å². The molecule has 0 aliphatic heterocycles. The molecule has 0 aliphatic carbocycles. The third kappa shape index (κ3) is 3.85. The third-order valence-corrected chi connectivity index (χ3v) is 2.71. The number of hydrogen-bond acceptors (Lipinski definition) is 1. The Morgan fingerprint density at radius 3 is 1.32 bits per heavy atom. The minimum atomic E-state index is 0.854. The van der Waals surface area contributed by atoms with Crippen molar-refractivity contribution in [3.8, 4) is 11.5 Å². The molecule has 0 radical (unpaired) electrons. The molecule has 2 rings (SSSR count). The molecule has 0 saturated carbocycles. The molecule has 0 aliphatic rings. The van der Waals surface area contributed by atoms with Crippen molar-refractivity contribution in [2.24, 2.45) is 0 Å². The minimum absolute atomic E-state index is 0.854. The van der Waals surface area contributed by atoms with Gasteiger partial charge in [0.25, 0.3) is 0 Å². The van der Waals surface area contributed by atoms with E-state index in [0.29, 0.717) is 0 Å². The topological polar surface area (TPSA) is 9.23 Å². The van der Waals surface area contributed by atoms with Gasteiger partial charge in [-0.2, -0.15) is 0 Å². The molecule has 0 N–H and O–H groups in total. The van der Waals surface area contributed by atoms with Crippen molar-refractivity contribution >= 4 is 12.2 Å². The standard InChI is InChI=1S/C18H18O/c1-3-5-15-7-11-17(12-8-15)19-18-13-9-16(6-4-2)10-14-18/h3-14H,1-2H3/b5-3+,6-4+. The van der Waals surface area contributed by atoms with Crippen molar-refractivity contribution in [3.05, 3.63) is 71.8 Å². The highest BCUT2D eigenvalue weighted by molar-refractivity contribution is 5.52. The maximum atomic E-state index is 5.80. The normalized spacial score (nSPS) is 11.3. The van der Waals surface area contributed by atoms with Crippen LogP contribution in [0.4, 0.5) is 0 Å². The summed E-state index contributed by atoms with van der Waals surface area (Å²) in [7, 11) is 0. The van der Waals surface area contributed by atoms with Gasteiger partial charge in [-0.3, -0.25) is 0 Å². The summed E-state index contributed by atoms with van der Waals surface area (Å²) in [4.78, 5) is 0. The van der Waals surface area contributed by atoms with Gasteiger partial charge in [0, 0.05) is 0 Å². The lowest BCUT2D eigenvalue weighted by Gasteiger charge is -2.06. The van der Waals surface area contributed by atoms with E-state index in [9.17, 15) is 0 Å². The molecule has 0 amide bonds. The fraction of sp³-hybridized carbons (Fsp3) is 0.111. The van der Waals surface area contributed by atoms with Gasteiger partial charge in [0.1, 0.15) is 11.5 Å². The van der Waals surface area contributed by atoms with Crippen molar-refractivity contribution in [2.75, 3.05) is 0 Å². The Morgan fingerprint density at radius 1 is 0.632 bits per heavy atom. The number of allylic oxidation sites excluding steroid dienone is 2. The summed E-state index contributed by atoms with van der Waals surface area (Å²) in [5, 5.41) is 0. The Kier molecular flexibility index (Phi) is 4.57. The Balaban J connectivity index is 2.07. The van der Waals surface area contributed by atoms with Crippen LogP contribution in [0.15, 0.2) is 60.7 Å². The molecule has 96 valence electrons. The van der Waals surface area contributed by atoms with Crippen LogP contribution in [0.1, 0.15) is 25.0 Å². The number of hydrogen-bond donors (Lipinski definition) is 0. The van der Waals surface area contributed by atoms with E-state index in [1.165, 1.54) is 11.1 Å². The molecule has 1 nitrogen and oxygen atoms in total. The second kappa shape index (κ2) is 6.60. The zero-order chi connectivity index (χ0) is 13.5. The van der Waals surface area contributed by atoms with E-state index in [0.717, 1.165) is 11.5 Å². The molecule has 0 heterocycles. The van der Waals surface area contributed by atoms with Gasteiger partial charge >= 0.3 is 0 Å². The summed E-state index contributed by atoms with van der Waals surface area (Å²) in [6.07, 6.45) is 8.18. The van der Waals surface area contributed by atoms with Crippen molar-refractivity contribution < 1.29 is 4.74 Å². The maximum absolute atomic E-state index is 5.80. The van der Waals surface area contributed by atoms with Gasteiger partial charge in [-0.05, 0) is 49.2 Å². The first-order valence-electron chi connectivity index (χ1n) is 6.45. The number of benzene rings is 2. The molecule has 2 aromatic carbocycles. The molecular formula is C18H18O. The summed E-state index contributed by atoms with van der Waals surface area (Å²) in [6.45, 7) is 4.02. The Morgan fingerprint density at radius 2 is 1.00 bits per heavy atom. The van der Waals surface area contributed by atoms with E-state index in [1.807, 2.05) is 74.5 Å². The summed E-state index contributed by atoms with van der Waals surface area (Å²) in [5.74, 6) is 1.71. The van der Waals surface area contributed by atoms with Crippen molar-refractivity contribution in [2.45, 2.75) is 13.8 Å². The molecule has 0 bridgehead atoms. The monoisotopic (exact) mass is 250 g/mol. The first-order chi connectivity index (χ1) is 9.31. The van der Waals surface area contributed by atoms with E-state index in [4.69, 9.17) is 4.74 Å². The fourth-order valence-corrected chi connectivity index (χ4v) is 1.81. The number of rotatable bonds is 4. The quantitative estimate of drug-likeness (QED) is 0.691. The lowest BCUT2D eigenvalue weighted by atomic mass is 10.2. The van der Waals surface area contributed by atoms with E-state index in [2.05, 4.69) is 12.2 Å². The molecular weight excluding hydrogens is 232 g/mol. The summed E-state index contributed by atoms with van der Waals surface area (Å²) >= 11 is 0. The first-order valence-corrected chi connectivity index (χ1v) is 6.45. The Bertz CT molecular complexity index is 506. The minimum Gasteiger partial charge on any atom is -0.457 e. The molecule has 0 atom stereocenters. The summed E-state index contributed by atoms with van der Waals surface area (Å²) in [5.41, 5.74) is 2.36. The lowest BCUT2D eigenvalue weighted by molar-refractivity contribution is 0.482. The smallest absolute Gasteiger partial charge is 0.127 e. The highest BCUT2D eigenvalue weighted by Crippen LogP contribution is 2.22. The zero-order valence-electron chi connectivity index (χ0n) is 11.3. The van der Waals surface area contributed by atoms with Crippen LogP contribution in [0.2, 0.25) is 0 Å². The van der Waals surface area contributed by atoms with Crippen molar-refractivity contribution in [1.82, 2.24) is 0 Å². The predicted molar refractivity (Wildman–Crippen MR) is 82.4 cm³/mol. The first kappa shape index (κ1) is 13.2. The van der Waals surface area contributed by atoms with Crippen LogP contribution in [0.5, 0.6) is 11.5 Å². The summed E-state index contributed by atoms with van der Waals surface area (Å²) < 4.78 is 5.80. The van der Waals surface area contributed by atoms with Gasteiger partial charge in [-0.15, -0.1) is 0 Å². The van der Waals surface area contributed by atoms with Crippen LogP contribution >= 0.6 is 0 Å². The fourth-order valence-electron chi connectivity index (χ4n) is 1.81. The van der Waals surface area contributed by atoms with Crippen molar-refractivity contribution in [3.63, 3.8) is 0 Å². The lowest BCUT2D eigenvalue weighted by Crippen LogP contribution is -1.84. The molecule has 0 fully saturated rings. The molecule has 0 spiro atoms. The van der Waals surface area contributed by atoms with Gasteiger partial charge in [-0.25, -0.2) is 0 Å². The molecule has 19 heavy (non-hydrogen) atoms. The van der Waals surface area contributed by atoms with Gasteiger partial charge in [-0.1, -0.05) is 48.6 Å². The predicted octanol–water partition coefficient (Wildman–Crippen LogP) is 5.55. The second-order valence-corrected chi connectivity index (χ2v) is 4.24. The molecule has 0 unspecified atom stereocenters. The van der Waals surface area contributed by atoms with E-state index >= 15 is 0 Å². The highest BCUT2D eigenvalue weighted by atomic mass is 16.5. The zero-order valence-corrected chi connectivity index (χ0v) is 11.3. The van der Waals surface area contributed by atoms with Crippen LogP contribution in [0.3, 0.4) is 0 Å². The van der Waals surface area contributed by atoms with Gasteiger partial charge in [0.2, 0.25) is 0 Å². The molecule has 1 heteroatoms. The maximum Gasteiger partial charge on any atom is 0.127 e. The van der Waals surface area contributed by atoms with Gasteiger partial charge in [0.05, 0.1) is 0 Å². The average molecular weight is 250 g/mol. The van der Waals surface area contributed by atoms with Gasteiger partial charge < -0.3 is 4.74 Å². The average Bonchev–Trinajstić information content (AvgIpc) is 2.44. The van der Waals surface area contributed by atoms with E-state index in [-0.39, 0.29) is 0 Å². The molecule has 2 aromatic rings. The van der Waals surface area contributed by atoms with Crippen LogP contribution in [0.25, 0.3) is 12.2 Å². The van der Waals surface area contributed by atoms with E-state index in [1.54, 1.807) is 0 Å². The summed E-state index contributed by atoms with van der Waals surface area (Å²) in [6, 6.07) is 16.1. The van der Waals surface area contributed by atoms with Gasteiger partial charge in [0.15, 0.2) is 0 Å². The third-order valence-electron chi connectivity index (χ3n) is 2.71. The van der Waals surface area contributed by atoms with Crippen LogP contribution < -0.4 is 4.74 Å². The number of ether oxygens (including phenoxy) is 1. The SMILES string of the molecule is C/C=C/c1ccc(Oc2ccc(/C=C/C)cc2)cc1. The largest absolute Gasteiger partial charge is 0.457 e. The van der Waals surface area contributed by atoms with Crippen molar-refractivity contribution in [1.29, 1.82) is 0 Å². The highest BCUT2D eigenvalue weighted by Gasteiger charge is 1.97.